The van der Waals surface area contributed by atoms with Gasteiger partial charge in [-0.1, -0.05) is 49.6 Å². The van der Waals surface area contributed by atoms with Crippen LogP contribution in [-0.2, 0) is 19.2 Å². The lowest BCUT2D eigenvalue weighted by Gasteiger charge is -2.50. The van der Waals surface area contributed by atoms with E-state index >= 15 is 0 Å². The van der Waals surface area contributed by atoms with Gasteiger partial charge >= 0.3 is 0 Å². The Morgan fingerprint density at radius 3 is 2.38 bits per heavy atom. The summed E-state index contributed by atoms with van der Waals surface area (Å²) in [4.78, 5) is 53.5. The van der Waals surface area contributed by atoms with Crippen molar-refractivity contribution in [3.8, 4) is 11.5 Å². The third kappa shape index (κ3) is 3.55. The van der Waals surface area contributed by atoms with Crippen LogP contribution in [0.15, 0.2) is 58.6 Å². The van der Waals surface area contributed by atoms with Crippen molar-refractivity contribution >= 4 is 84.4 Å². The number of methoxy groups -OCH3 is 1. The number of allylic oxidation sites excluding steroid dienone is 2. The zero-order valence-corrected chi connectivity index (χ0v) is 25.6. The fourth-order valence-electron chi connectivity index (χ4n) is 6.88. The molecule has 2 aliphatic heterocycles. The number of anilines is 1. The topological polar surface area (TPSA) is 104 Å². The van der Waals surface area contributed by atoms with Crippen LogP contribution in [0.2, 0.25) is 0 Å². The molecule has 1 N–H and O–H groups in total. The molecule has 2 saturated heterocycles. The quantitative estimate of drug-likeness (QED) is 0.205. The minimum Gasteiger partial charge on any atom is -0.508 e. The highest BCUT2D eigenvalue weighted by atomic mass is 79.9. The first kappa shape index (κ1) is 27.8. The Morgan fingerprint density at radius 1 is 1.02 bits per heavy atom. The number of aromatic hydroxyl groups is 1. The van der Waals surface area contributed by atoms with Crippen LogP contribution in [0.3, 0.4) is 0 Å². The van der Waals surface area contributed by atoms with E-state index in [1.807, 2.05) is 6.08 Å². The second-order valence-corrected chi connectivity index (χ2v) is 13.1. The first-order chi connectivity index (χ1) is 19.0. The van der Waals surface area contributed by atoms with Crippen molar-refractivity contribution < 1.29 is 29.0 Å². The second kappa shape index (κ2) is 9.58. The molecule has 6 unspecified atom stereocenters. The van der Waals surface area contributed by atoms with Crippen molar-refractivity contribution in [1.29, 1.82) is 0 Å². The lowest BCUT2D eigenvalue weighted by molar-refractivity contribution is -0.138. The van der Waals surface area contributed by atoms with Crippen LogP contribution >= 0.6 is 55.1 Å². The third-order valence-corrected chi connectivity index (χ3v) is 11.1. The van der Waals surface area contributed by atoms with Gasteiger partial charge in [-0.2, -0.15) is 0 Å². The molecular formula is C28H22Br2Cl2N2O6. The predicted octanol–water partition coefficient (Wildman–Crippen LogP) is 5.08. The van der Waals surface area contributed by atoms with Gasteiger partial charge in [0.15, 0.2) is 9.75 Å². The number of rotatable bonds is 4. The van der Waals surface area contributed by atoms with Gasteiger partial charge in [0.1, 0.15) is 11.5 Å². The summed E-state index contributed by atoms with van der Waals surface area (Å²) in [6, 6.07) is 11.3. The summed E-state index contributed by atoms with van der Waals surface area (Å²) in [5.74, 6) is -4.97. The number of ether oxygens (including phenoxy) is 1. The van der Waals surface area contributed by atoms with Gasteiger partial charge in [0, 0.05) is 22.0 Å². The summed E-state index contributed by atoms with van der Waals surface area (Å²) >= 11 is 21.0. The number of alkyl halides is 3. The molecular weight excluding hydrogens is 691 g/mol. The molecule has 2 aliphatic carbocycles. The molecule has 6 atom stereocenters. The Balaban J connectivity index is 1.54. The molecule has 0 aromatic heterocycles. The van der Waals surface area contributed by atoms with Gasteiger partial charge in [0.05, 0.1) is 30.1 Å². The van der Waals surface area contributed by atoms with Gasteiger partial charge in [-0.05, 0) is 49.1 Å². The van der Waals surface area contributed by atoms with Gasteiger partial charge in [0.2, 0.25) is 11.8 Å². The molecule has 2 aromatic rings. The maximum absolute atomic E-state index is 14.0. The van der Waals surface area contributed by atoms with Crippen molar-refractivity contribution in [2.24, 2.45) is 17.8 Å². The number of nitrogens with zero attached hydrogens (tertiary/aromatic N) is 2. The van der Waals surface area contributed by atoms with Gasteiger partial charge in [-0.3, -0.25) is 29.0 Å². The molecule has 4 aliphatic rings. The minimum absolute atomic E-state index is 0.0657. The van der Waals surface area contributed by atoms with E-state index in [2.05, 4.69) is 31.9 Å². The zero-order valence-electron chi connectivity index (χ0n) is 20.9. The number of hydrogen-bond donors (Lipinski definition) is 1. The van der Waals surface area contributed by atoms with E-state index in [4.69, 9.17) is 27.9 Å². The number of phenolic OH excluding ortho intramolecular Hbond substituents is 1. The lowest BCUT2D eigenvalue weighted by Crippen LogP contribution is -2.60. The summed E-state index contributed by atoms with van der Waals surface area (Å²) in [6.07, 6.45) is 2.00. The van der Waals surface area contributed by atoms with Gasteiger partial charge < -0.3 is 9.84 Å². The van der Waals surface area contributed by atoms with Crippen molar-refractivity contribution in [1.82, 2.24) is 4.90 Å². The van der Waals surface area contributed by atoms with Gasteiger partial charge in [0.25, 0.3) is 11.8 Å². The maximum atomic E-state index is 14.0. The Morgan fingerprint density at radius 2 is 1.73 bits per heavy atom. The fraction of sp³-hybridized carbons (Fsp3) is 0.357. The zero-order chi connectivity index (χ0) is 28.7. The van der Waals surface area contributed by atoms with Crippen LogP contribution in [0.4, 0.5) is 5.69 Å². The molecule has 8 nitrogen and oxygen atoms in total. The second-order valence-electron chi connectivity index (χ2n) is 10.4. The average molecular weight is 713 g/mol. The number of amides is 4. The highest BCUT2D eigenvalue weighted by Gasteiger charge is 2.76. The monoisotopic (exact) mass is 710 g/mol. The first-order valence-corrected chi connectivity index (χ1v) is 15.2. The number of halogens is 4. The van der Waals surface area contributed by atoms with Crippen LogP contribution in [0.5, 0.6) is 11.5 Å². The number of benzene rings is 2. The number of phenols is 1. The molecule has 208 valence electrons. The van der Waals surface area contributed by atoms with Crippen molar-refractivity contribution in [2.45, 2.75) is 28.5 Å². The molecule has 0 bridgehead atoms. The number of carbonyl (C=O) groups is 4. The third-order valence-electron chi connectivity index (χ3n) is 8.63. The normalized spacial score (nSPS) is 33.1. The van der Waals surface area contributed by atoms with E-state index in [-0.39, 0.29) is 41.6 Å². The average Bonchev–Trinajstić information content (AvgIpc) is 3.27. The van der Waals surface area contributed by atoms with Gasteiger partial charge in [-0.25, -0.2) is 0 Å². The summed E-state index contributed by atoms with van der Waals surface area (Å²) in [7, 11) is 1.42. The Bertz CT molecular complexity index is 1520. The Hall–Kier alpha value is -2.40. The van der Waals surface area contributed by atoms with Crippen LogP contribution in [0.1, 0.15) is 24.3 Å². The highest BCUT2D eigenvalue weighted by molar-refractivity contribution is 9.10. The van der Waals surface area contributed by atoms with E-state index < -0.39 is 45.2 Å². The van der Waals surface area contributed by atoms with E-state index in [9.17, 15) is 24.3 Å². The van der Waals surface area contributed by atoms with E-state index in [0.29, 0.717) is 16.8 Å². The summed E-state index contributed by atoms with van der Waals surface area (Å²) in [5, 5.41) is 10.1. The molecule has 6 rings (SSSR count). The van der Waals surface area contributed by atoms with Crippen LogP contribution < -0.4 is 9.64 Å². The van der Waals surface area contributed by atoms with Gasteiger partial charge in [-0.15, -0.1) is 23.2 Å². The van der Waals surface area contributed by atoms with Crippen LogP contribution in [0, 0.1) is 17.8 Å². The summed E-state index contributed by atoms with van der Waals surface area (Å²) < 4.78 is 6.37. The first-order valence-electron chi connectivity index (χ1n) is 12.5. The molecule has 40 heavy (non-hydrogen) atoms. The van der Waals surface area contributed by atoms with Crippen molar-refractivity contribution in [2.75, 3.05) is 17.5 Å². The standard InChI is InChI=1S/C28H22Br2Cl2N2O6/c1-40-20-10-15(35)6-7-17(20)22-16-8-9-18-21(24(37)34(23(18)36)14-4-2-13(30)3-5-14)19(16)11-27(31)25(38)33(12-29)26(39)28(22,27)32/h2-8,10,18-19,21-22,35H,9,11-12H2,1H3. The summed E-state index contributed by atoms with van der Waals surface area (Å²) in [6.45, 7) is 0. The minimum atomic E-state index is -1.95. The number of fused-ring (bicyclic) bond motifs is 4. The van der Waals surface area contributed by atoms with Crippen molar-refractivity contribution in [3.63, 3.8) is 0 Å². The molecule has 0 spiro atoms. The number of imide groups is 2. The van der Waals surface area contributed by atoms with E-state index in [1.165, 1.54) is 24.1 Å². The Labute approximate surface area is 256 Å². The van der Waals surface area contributed by atoms with Crippen LogP contribution in [0.25, 0.3) is 0 Å². The predicted molar refractivity (Wildman–Crippen MR) is 155 cm³/mol. The van der Waals surface area contributed by atoms with E-state index in [1.54, 1.807) is 30.3 Å². The largest absolute Gasteiger partial charge is 0.508 e. The van der Waals surface area contributed by atoms with E-state index in [0.717, 1.165) is 9.37 Å². The molecule has 12 heteroatoms. The van der Waals surface area contributed by atoms with Crippen LogP contribution in [-0.4, -0.2) is 55.9 Å². The molecule has 3 fully saturated rings. The SMILES string of the molecule is COc1cc(O)ccc1C1C2=CCC3C(=O)N(c4ccc(Br)cc4)C(=O)C3C2CC2(Cl)C(=O)N(CBr)C(=O)C12Cl. The summed E-state index contributed by atoms with van der Waals surface area (Å²) in [5.41, 5.74) is 1.42. The molecule has 0 radical (unpaired) electrons. The number of carbonyl (C=O) groups excluding carboxylic acids is 4. The van der Waals surface area contributed by atoms with Crippen molar-refractivity contribution in [3.05, 3.63) is 64.1 Å². The number of hydrogen-bond acceptors (Lipinski definition) is 6. The fourth-order valence-corrected chi connectivity index (χ4v) is 8.56. The molecule has 1 saturated carbocycles. The molecule has 2 heterocycles. The molecule has 2 aromatic carbocycles. The highest BCUT2D eigenvalue weighted by Crippen LogP contribution is 2.66. The number of likely N-dealkylation sites (tertiary alicyclic amines) is 1. The molecule has 4 amide bonds. The lowest BCUT2D eigenvalue weighted by atomic mass is 9.56. The Kier molecular flexibility index (Phi) is 6.64. The maximum Gasteiger partial charge on any atom is 0.254 e. The smallest absolute Gasteiger partial charge is 0.254 e.